The molecule has 0 N–H and O–H groups in total. The zero-order chi connectivity index (χ0) is 11.8. The van der Waals surface area contributed by atoms with Crippen molar-refractivity contribution in [2.75, 3.05) is 0 Å². The summed E-state index contributed by atoms with van der Waals surface area (Å²) in [5.41, 5.74) is 1.57. The number of hydrogen-bond donors (Lipinski definition) is 0. The molecule has 2 aromatic heterocycles. The highest BCUT2D eigenvalue weighted by Gasteiger charge is 2.39. The Morgan fingerprint density at radius 3 is 2.18 bits per heavy atom. The number of hydrogen-bond acceptors (Lipinski definition) is 4. The van der Waals surface area contributed by atoms with Gasteiger partial charge in [0.1, 0.15) is 5.92 Å². The number of fused-ring (bicyclic) bond motifs is 1. The van der Waals surface area contributed by atoms with Gasteiger partial charge in [-0.1, -0.05) is 0 Å². The van der Waals surface area contributed by atoms with E-state index in [1.54, 1.807) is 30.6 Å². The van der Waals surface area contributed by atoms with Crippen LogP contribution >= 0.6 is 0 Å². The first-order chi connectivity index (χ1) is 8.29. The molecule has 0 aromatic carbocycles. The van der Waals surface area contributed by atoms with Crippen LogP contribution in [-0.2, 0) is 0 Å². The van der Waals surface area contributed by atoms with Crippen molar-refractivity contribution in [2.45, 2.75) is 5.92 Å². The Bertz CT molecular complexity index is 573. The van der Waals surface area contributed by atoms with Gasteiger partial charge in [-0.15, -0.1) is 0 Å². The summed E-state index contributed by atoms with van der Waals surface area (Å²) in [7, 11) is 0. The van der Waals surface area contributed by atoms with E-state index in [2.05, 4.69) is 9.97 Å². The van der Waals surface area contributed by atoms with Gasteiger partial charge in [0, 0.05) is 35.9 Å². The average Bonchev–Trinajstić information content (AvgIpc) is 2.64. The van der Waals surface area contributed by atoms with Crippen molar-refractivity contribution < 1.29 is 9.59 Å². The van der Waals surface area contributed by atoms with Crippen LogP contribution in [0.3, 0.4) is 0 Å². The molecule has 0 amide bonds. The molecule has 0 radical (unpaired) electrons. The Balaban J connectivity index is 2.13. The van der Waals surface area contributed by atoms with Crippen LogP contribution in [0.2, 0.25) is 0 Å². The lowest BCUT2D eigenvalue weighted by Gasteiger charge is -2.05. The number of carbonyl (C=O) groups excluding carboxylic acids is 2. The lowest BCUT2D eigenvalue weighted by Crippen LogP contribution is -2.12. The minimum Gasteiger partial charge on any atom is -0.293 e. The number of ketones is 2. The van der Waals surface area contributed by atoms with Crippen LogP contribution in [-0.4, -0.2) is 21.5 Å². The van der Waals surface area contributed by atoms with E-state index in [0.717, 1.165) is 0 Å². The molecule has 0 spiro atoms. The maximum absolute atomic E-state index is 12.1. The molecular formula is C13H8N2O2. The number of nitrogens with zero attached hydrogens (tertiary/aromatic N) is 2. The Morgan fingerprint density at radius 1 is 0.824 bits per heavy atom. The molecule has 1 atom stereocenters. The predicted octanol–water partition coefficient (Wildman–Crippen LogP) is 1.64. The highest BCUT2D eigenvalue weighted by atomic mass is 16.2. The molecule has 3 rings (SSSR count). The molecule has 0 saturated heterocycles. The summed E-state index contributed by atoms with van der Waals surface area (Å²) in [6.07, 6.45) is 6.14. The van der Waals surface area contributed by atoms with E-state index in [4.69, 9.17) is 0 Å². The van der Waals surface area contributed by atoms with E-state index in [1.807, 2.05) is 0 Å². The summed E-state index contributed by atoms with van der Waals surface area (Å²) in [5, 5.41) is 0. The minimum absolute atomic E-state index is 0.154. The second kappa shape index (κ2) is 3.59. The van der Waals surface area contributed by atoms with Gasteiger partial charge in [0.25, 0.3) is 0 Å². The quantitative estimate of drug-likeness (QED) is 0.691. The van der Waals surface area contributed by atoms with Crippen LogP contribution in [0.4, 0.5) is 0 Å². The monoisotopic (exact) mass is 224 g/mol. The van der Waals surface area contributed by atoms with E-state index >= 15 is 0 Å². The largest absolute Gasteiger partial charge is 0.293 e. The summed E-state index contributed by atoms with van der Waals surface area (Å²) in [6, 6.07) is 4.98. The molecule has 0 aliphatic heterocycles. The fourth-order valence-corrected chi connectivity index (χ4v) is 2.09. The van der Waals surface area contributed by atoms with Crippen molar-refractivity contribution in [1.82, 2.24) is 9.97 Å². The molecule has 0 fully saturated rings. The van der Waals surface area contributed by atoms with E-state index < -0.39 is 5.92 Å². The highest BCUT2D eigenvalue weighted by Crippen LogP contribution is 2.32. The van der Waals surface area contributed by atoms with Gasteiger partial charge in [0.2, 0.25) is 0 Å². The Morgan fingerprint density at radius 2 is 1.47 bits per heavy atom. The van der Waals surface area contributed by atoms with Crippen molar-refractivity contribution in [3.63, 3.8) is 0 Å². The first kappa shape index (κ1) is 9.84. The second-order valence-electron chi connectivity index (χ2n) is 3.86. The van der Waals surface area contributed by atoms with Gasteiger partial charge in [-0.25, -0.2) is 0 Å². The van der Waals surface area contributed by atoms with Crippen molar-refractivity contribution in [3.8, 4) is 0 Å². The van der Waals surface area contributed by atoms with Gasteiger partial charge >= 0.3 is 0 Å². The van der Waals surface area contributed by atoms with Gasteiger partial charge in [-0.3, -0.25) is 19.6 Å². The molecule has 0 bridgehead atoms. The van der Waals surface area contributed by atoms with Gasteiger partial charge < -0.3 is 0 Å². The van der Waals surface area contributed by atoms with Crippen molar-refractivity contribution in [2.24, 2.45) is 0 Å². The predicted molar refractivity (Wildman–Crippen MR) is 59.9 cm³/mol. The van der Waals surface area contributed by atoms with Crippen LogP contribution in [0.1, 0.15) is 32.2 Å². The van der Waals surface area contributed by atoms with Crippen molar-refractivity contribution >= 4 is 11.6 Å². The van der Waals surface area contributed by atoms with Gasteiger partial charge in [-0.05, 0) is 23.8 Å². The minimum atomic E-state index is -0.725. The molecule has 4 heteroatoms. The van der Waals surface area contributed by atoms with Crippen molar-refractivity contribution in [1.29, 1.82) is 0 Å². The number of carbonyl (C=O) groups is 2. The summed E-state index contributed by atoms with van der Waals surface area (Å²) in [4.78, 5) is 32.0. The first-order valence-electron chi connectivity index (χ1n) is 5.21. The van der Waals surface area contributed by atoms with Gasteiger partial charge in [0.15, 0.2) is 11.6 Å². The molecule has 1 unspecified atom stereocenters. The van der Waals surface area contributed by atoms with Crippen molar-refractivity contribution in [3.05, 3.63) is 59.7 Å². The van der Waals surface area contributed by atoms with Crippen LogP contribution < -0.4 is 0 Å². The third-order valence-corrected chi connectivity index (χ3v) is 2.92. The fourth-order valence-electron chi connectivity index (χ4n) is 2.09. The normalized spacial score (nSPS) is 18.2. The summed E-state index contributed by atoms with van der Waals surface area (Å²) >= 11 is 0. The van der Waals surface area contributed by atoms with E-state index in [9.17, 15) is 9.59 Å². The second-order valence-corrected chi connectivity index (χ2v) is 3.86. The van der Waals surface area contributed by atoms with E-state index in [1.165, 1.54) is 12.4 Å². The lowest BCUT2D eigenvalue weighted by molar-refractivity contribution is 0.0890. The lowest BCUT2D eigenvalue weighted by atomic mass is 9.95. The third-order valence-electron chi connectivity index (χ3n) is 2.92. The smallest absolute Gasteiger partial charge is 0.180 e. The molecular weight excluding hydrogens is 216 g/mol. The van der Waals surface area contributed by atoms with E-state index in [0.29, 0.717) is 16.7 Å². The standard InChI is InChI=1S/C13H8N2O2/c16-12-9-3-6-15-7-10(9)13(17)11(12)8-1-4-14-5-2-8/h1-7,11H. The maximum atomic E-state index is 12.1. The Hall–Kier alpha value is -2.36. The first-order valence-corrected chi connectivity index (χ1v) is 5.21. The maximum Gasteiger partial charge on any atom is 0.180 e. The molecule has 0 saturated carbocycles. The van der Waals surface area contributed by atoms with E-state index in [-0.39, 0.29) is 11.6 Å². The Labute approximate surface area is 97.3 Å². The topological polar surface area (TPSA) is 59.9 Å². The van der Waals surface area contributed by atoms with Crippen LogP contribution in [0.25, 0.3) is 0 Å². The molecule has 2 heterocycles. The summed E-state index contributed by atoms with van der Waals surface area (Å²) in [6.45, 7) is 0. The summed E-state index contributed by atoms with van der Waals surface area (Å²) < 4.78 is 0. The molecule has 4 nitrogen and oxygen atoms in total. The van der Waals surface area contributed by atoms with Gasteiger partial charge in [-0.2, -0.15) is 0 Å². The van der Waals surface area contributed by atoms with Gasteiger partial charge in [0.05, 0.1) is 0 Å². The molecule has 1 aliphatic rings. The average molecular weight is 224 g/mol. The number of aromatic nitrogens is 2. The molecule has 1 aliphatic carbocycles. The SMILES string of the molecule is O=C1c2ccncc2C(=O)C1c1ccncc1. The molecule has 2 aromatic rings. The fraction of sp³-hybridized carbons (Fsp3) is 0.0769. The third kappa shape index (κ3) is 1.38. The molecule has 17 heavy (non-hydrogen) atoms. The zero-order valence-corrected chi connectivity index (χ0v) is 8.83. The number of rotatable bonds is 1. The van der Waals surface area contributed by atoms with Crippen LogP contribution in [0.15, 0.2) is 43.0 Å². The Kier molecular flexibility index (Phi) is 2.08. The number of pyridine rings is 2. The van der Waals surface area contributed by atoms with Crippen LogP contribution in [0, 0.1) is 0 Å². The summed E-state index contributed by atoms with van der Waals surface area (Å²) in [5.74, 6) is -1.06. The van der Waals surface area contributed by atoms with Crippen LogP contribution in [0.5, 0.6) is 0 Å². The molecule has 82 valence electrons. The zero-order valence-electron chi connectivity index (χ0n) is 8.83. The number of Topliss-reactive ketones (excluding diaryl/α,β-unsaturated/α-hetero) is 2. The highest BCUT2D eigenvalue weighted by molar-refractivity contribution is 6.29.